The molecule has 1 N–H and O–H groups in total. The van der Waals surface area contributed by atoms with Crippen molar-refractivity contribution in [1.82, 2.24) is 15.0 Å². The number of ether oxygens (including phenoxy) is 2. The molecule has 0 radical (unpaired) electrons. The molecular weight excluding hydrogens is 422 g/mol. The molecular formula is C20H23N5O3S2. The van der Waals surface area contributed by atoms with Crippen LogP contribution >= 0.6 is 23.1 Å². The summed E-state index contributed by atoms with van der Waals surface area (Å²) in [5.41, 5.74) is 1.31. The van der Waals surface area contributed by atoms with Gasteiger partial charge in [0.05, 0.1) is 20.0 Å². The number of hydrogen-bond donors (Lipinski definition) is 1. The number of aromatic nitrogens is 3. The highest BCUT2D eigenvalue weighted by Crippen LogP contribution is 2.34. The van der Waals surface area contributed by atoms with Crippen LogP contribution in [-0.2, 0) is 4.79 Å². The topological polar surface area (TPSA) is 89.5 Å². The van der Waals surface area contributed by atoms with Crippen LogP contribution in [0.15, 0.2) is 29.6 Å². The summed E-state index contributed by atoms with van der Waals surface area (Å²) >= 11 is 2.98. The first-order valence-electron chi connectivity index (χ1n) is 9.68. The van der Waals surface area contributed by atoms with Crippen molar-refractivity contribution in [2.75, 3.05) is 43.3 Å². The van der Waals surface area contributed by atoms with Crippen molar-refractivity contribution in [3.8, 4) is 11.5 Å². The number of rotatable bonds is 7. The van der Waals surface area contributed by atoms with Crippen molar-refractivity contribution < 1.29 is 14.3 Å². The number of hydrogen-bond acceptors (Lipinski definition) is 9. The highest BCUT2D eigenvalue weighted by Gasteiger charge is 2.18. The molecule has 0 saturated carbocycles. The summed E-state index contributed by atoms with van der Waals surface area (Å²) in [5, 5.41) is 4.65. The summed E-state index contributed by atoms with van der Waals surface area (Å²) in [6.45, 7) is 2.06. The van der Waals surface area contributed by atoms with E-state index in [9.17, 15) is 4.79 Å². The van der Waals surface area contributed by atoms with Gasteiger partial charge in [-0.25, -0.2) is 9.97 Å². The van der Waals surface area contributed by atoms with Crippen LogP contribution in [0.3, 0.4) is 0 Å². The number of carbonyl (C=O) groups is 1. The summed E-state index contributed by atoms with van der Waals surface area (Å²) < 4.78 is 11.4. The predicted octanol–water partition coefficient (Wildman–Crippen LogP) is 3.82. The van der Waals surface area contributed by atoms with Crippen LogP contribution in [0.5, 0.6) is 11.5 Å². The van der Waals surface area contributed by atoms with E-state index >= 15 is 0 Å². The van der Waals surface area contributed by atoms with E-state index in [0.29, 0.717) is 22.8 Å². The summed E-state index contributed by atoms with van der Waals surface area (Å²) in [5.74, 6) is 1.32. The second-order valence-electron chi connectivity index (χ2n) is 6.81. The van der Waals surface area contributed by atoms with Crippen molar-refractivity contribution in [3.63, 3.8) is 0 Å². The van der Waals surface area contributed by atoms with Crippen molar-refractivity contribution in [2.24, 2.45) is 0 Å². The monoisotopic (exact) mass is 445 g/mol. The Bertz CT molecular complexity index is 1010. The second kappa shape index (κ2) is 9.48. The molecule has 3 heterocycles. The van der Waals surface area contributed by atoms with E-state index in [2.05, 4.69) is 25.2 Å². The predicted molar refractivity (Wildman–Crippen MR) is 120 cm³/mol. The molecule has 0 bridgehead atoms. The van der Waals surface area contributed by atoms with Gasteiger partial charge in [-0.1, -0.05) is 23.1 Å². The van der Waals surface area contributed by atoms with E-state index in [1.807, 2.05) is 0 Å². The first kappa shape index (κ1) is 20.7. The van der Waals surface area contributed by atoms with Gasteiger partial charge in [0.25, 0.3) is 0 Å². The molecule has 1 fully saturated rings. The molecule has 8 nitrogen and oxygen atoms in total. The van der Waals surface area contributed by atoms with E-state index in [1.165, 1.54) is 37.4 Å². The molecule has 158 valence electrons. The zero-order chi connectivity index (χ0) is 20.9. The molecule has 0 spiro atoms. The quantitative estimate of drug-likeness (QED) is 0.434. The van der Waals surface area contributed by atoms with Crippen molar-refractivity contribution in [3.05, 3.63) is 24.5 Å². The third-order valence-electron chi connectivity index (χ3n) is 4.75. The smallest absolute Gasteiger partial charge is 0.234 e. The Labute approximate surface area is 183 Å². The fourth-order valence-corrected chi connectivity index (χ4v) is 5.20. The van der Waals surface area contributed by atoms with Gasteiger partial charge in [0.2, 0.25) is 5.91 Å². The highest BCUT2D eigenvalue weighted by molar-refractivity contribution is 8.00. The van der Waals surface area contributed by atoms with Crippen LogP contribution in [0.4, 0.5) is 10.8 Å². The number of carbonyl (C=O) groups excluding carboxylic acids is 1. The minimum absolute atomic E-state index is 0.136. The average Bonchev–Trinajstić information content (AvgIpc) is 3.23. The molecule has 1 saturated heterocycles. The number of amides is 1. The number of methoxy groups -OCH3 is 2. The fourth-order valence-electron chi connectivity index (χ4n) is 3.26. The van der Waals surface area contributed by atoms with E-state index in [-0.39, 0.29) is 11.7 Å². The van der Waals surface area contributed by atoms with E-state index < -0.39 is 0 Å². The first-order valence-corrected chi connectivity index (χ1v) is 11.5. The molecule has 30 heavy (non-hydrogen) atoms. The van der Waals surface area contributed by atoms with Crippen molar-refractivity contribution in [1.29, 1.82) is 0 Å². The number of anilines is 2. The number of benzene rings is 1. The summed E-state index contributed by atoms with van der Waals surface area (Å²) in [4.78, 5) is 28.2. The van der Waals surface area contributed by atoms with Crippen molar-refractivity contribution in [2.45, 2.75) is 24.3 Å². The minimum Gasteiger partial charge on any atom is -0.497 e. The average molecular weight is 446 g/mol. The van der Waals surface area contributed by atoms with Crippen LogP contribution in [0.1, 0.15) is 19.3 Å². The Morgan fingerprint density at radius 2 is 1.87 bits per heavy atom. The molecule has 1 amide bonds. The standard InChI is InChI=1S/C20H23N5O3S2/c1-27-14-8-13(9-15(10-14)28-2)23-16(26)11-29-19-17-18(21-12-22-19)24-20(30-17)25-6-4-3-5-7-25/h8-10,12H,3-7,11H2,1-2H3,(H,23,26). The van der Waals surface area contributed by atoms with Gasteiger partial charge in [0, 0.05) is 37.0 Å². The highest BCUT2D eigenvalue weighted by atomic mass is 32.2. The number of thioether (sulfide) groups is 1. The molecule has 10 heteroatoms. The van der Waals surface area contributed by atoms with E-state index in [4.69, 9.17) is 9.47 Å². The Morgan fingerprint density at radius 1 is 1.13 bits per heavy atom. The van der Waals surface area contributed by atoms with Crippen molar-refractivity contribution >= 4 is 50.2 Å². The van der Waals surface area contributed by atoms with E-state index in [1.54, 1.807) is 43.8 Å². The second-order valence-corrected chi connectivity index (χ2v) is 8.76. The molecule has 4 rings (SSSR count). The maximum Gasteiger partial charge on any atom is 0.234 e. The number of fused-ring (bicyclic) bond motifs is 1. The lowest BCUT2D eigenvalue weighted by Gasteiger charge is -2.25. The molecule has 3 aromatic rings. The summed E-state index contributed by atoms with van der Waals surface area (Å²) in [6, 6.07) is 5.26. The zero-order valence-corrected chi connectivity index (χ0v) is 18.5. The lowest BCUT2D eigenvalue weighted by Crippen LogP contribution is -2.29. The first-order chi connectivity index (χ1) is 14.7. The van der Waals surface area contributed by atoms with Gasteiger partial charge in [0.15, 0.2) is 10.8 Å². The SMILES string of the molecule is COc1cc(NC(=O)CSc2ncnc3nc(N4CCCCC4)sc23)cc(OC)c1. The third kappa shape index (κ3) is 4.76. The number of nitrogens with zero attached hydrogens (tertiary/aromatic N) is 4. The molecule has 1 aliphatic heterocycles. The Hall–Kier alpha value is -2.59. The van der Waals surface area contributed by atoms with Crippen LogP contribution in [0.2, 0.25) is 0 Å². The molecule has 2 aromatic heterocycles. The normalized spacial score (nSPS) is 14.0. The lowest BCUT2D eigenvalue weighted by atomic mass is 10.1. The molecule has 0 atom stereocenters. The summed E-state index contributed by atoms with van der Waals surface area (Å²) in [6.07, 6.45) is 5.17. The minimum atomic E-state index is -0.136. The maximum atomic E-state index is 12.5. The van der Waals surface area contributed by atoms with Gasteiger partial charge < -0.3 is 19.7 Å². The largest absolute Gasteiger partial charge is 0.497 e. The van der Waals surface area contributed by atoms with Gasteiger partial charge in [-0.2, -0.15) is 4.98 Å². The van der Waals surface area contributed by atoms with E-state index in [0.717, 1.165) is 27.9 Å². The van der Waals surface area contributed by atoms with Crippen LogP contribution in [0.25, 0.3) is 10.3 Å². The van der Waals surface area contributed by atoms with Crippen LogP contribution < -0.4 is 19.7 Å². The molecule has 1 aliphatic rings. The Kier molecular flexibility index (Phi) is 6.53. The fraction of sp³-hybridized carbons (Fsp3) is 0.400. The third-order valence-corrected chi connectivity index (χ3v) is 6.98. The molecule has 0 unspecified atom stereocenters. The summed E-state index contributed by atoms with van der Waals surface area (Å²) in [7, 11) is 3.15. The molecule has 1 aromatic carbocycles. The molecule has 0 aliphatic carbocycles. The Morgan fingerprint density at radius 3 is 2.57 bits per heavy atom. The Balaban J connectivity index is 1.44. The van der Waals surface area contributed by atoms with Crippen LogP contribution in [0, 0.1) is 0 Å². The van der Waals surface area contributed by atoms with Gasteiger partial charge >= 0.3 is 0 Å². The van der Waals surface area contributed by atoms with Gasteiger partial charge in [-0.05, 0) is 19.3 Å². The van der Waals surface area contributed by atoms with Crippen LogP contribution in [-0.4, -0.2) is 53.9 Å². The number of thiazole rings is 1. The number of piperidine rings is 1. The van der Waals surface area contributed by atoms with Gasteiger partial charge in [-0.3, -0.25) is 4.79 Å². The number of nitrogens with one attached hydrogen (secondary N) is 1. The maximum absolute atomic E-state index is 12.5. The zero-order valence-electron chi connectivity index (χ0n) is 16.9. The van der Waals surface area contributed by atoms with Gasteiger partial charge in [0.1, 0.15) is 27.6 Å². The van der Waals surface area contributed by atoms with Gasteiger partial charge in [-0.15, -0.1) is 0 Å². The lowest BCUT2D eigenvalue weighted by molar-refractivity contribution is -0.113.